The zero-order chi connectivity index (χ0) is 25.6. The number of hydrogen-bond acceptors (Lipinski definition) is 6. The molecular formula is C25H27BrClN3O5. The average molecular weight is 565 g/mol. The van der Waals surface area contributed by atoms with E-state index in [1.165, 1.54) is 7.11 Å². The van der Waals surface area contributed by atoms with Crippen LogP contribution in [0.25, 0.3) is 0 Å². The Labute approximate surface area is 217 Å². The van der Waals surface area contributed by atoms with Gasteiger partial charge in [0.2, 0.25) is 0 Å². The second-order valence-electron chi connectivity index (χ2n) is 8.12. The number of nitrogens with zero attached hydrogens (tertiary/aromatic N) is 2. The van der Waals surface area contributed by atoms with Gasteiger partial charge in [-0.05, 0) is 71.7 Å². The summed E-state index contributed by atoms with van der Waals surface area (Å²) < 4.78 is 18.4. The fourth-order valence-electron chi connectivity index (χ4n) is 3.30. The summed E-state index contributed by atoms with van der Waals surface area (Å²) in [6.07, 6.45) is 0. The van der Waals surface area contributed by atoms with Gasteiger partial charge in [-0.15, -0.1) is 0 Å². The summed E-state index contributed by atoms with van der Waals surface area (Å²) in [6, 6.07) is 13.9. The molecule has 0 aliphatic heterocycles. The van der Waals surface area contributed by atoms with Gasteiger partial charge in [0.25, 0.3) is 5.91 Å². The first kappa shape index (κ1) is 26.7. The normalized spacial score (nSPS) is 11.3. The van der Waals surface area contributed by atoms with Crippen molar-refractivity contribution in [2.45, 2.75) is 32.5 Å². The van der Waals surface area contributed by atoms with Gasteiger partial charge < -0.3 is 24.1 Å². The summed E-state index contributed by atoms with van der Waals surface area (Å²) in [5, 5.41) is 3.56. The maximum Gasteiger partial charge on any atom is 0.337 e. The highest BCUT2D eigenvalue weighted by atomic mass is 79.9. The first-order valence-corrected chi connectivity index (χ1v) is 12.0. The zero-order valence-corrected chi connectivity index (χ0v) is 22.3. The molecule has 1 aromatic heterocycles. The number of halogens is 2. The molecule has 8 nitrogen and oxygen atoms in total. The molecule has 3 rings (SSSR count). The van der Waals surface area contributed by atoms with Gasteiger partial charge >= 0.3 is 5.97 Å². The Balaban J connectivity index is 1.78. The van der Waals surface area contributed by atoms with E-state index in [0.29, 0.717) is 45.6 Å². The number of methoxy groups -OCH3 is 2. The number of carbonyl (C=O) groups is 2. The molecule has 0 fully saturated rings. The van der Waals surface area contributed by atoms with Gasteiger partial charge in [0, 0.05) is 18.7 Å². The van der Waals surface area contributed by atoms with Crippen molar-refractivity contribution in [3.63, 3.8) is 0 Å². The monoisotopic (exact) mass is 563 g/mol. The Kier molecular flexibility index (Phi) is 8.93. The van der Waals surface area contributed by atoms with E-state index < -0.39 is 11.6 Å². The van der Waals surface area contributed by atoms with E-state index in [1.807, 2.05) is 13.8 Å². The van der Waals surface area contributed by atoms with E-state index in [1.54, 1.807) is 60.2 Å². The minimum atomic E-state index is -0.806. The van der Waals surface area contributed by atoms with Crippen LogP contribution in [0.3, 0.4) is 0 Å². The van der Waals surface area contributed by atoms with Crippen LogP contribution in [0, 0.1) is 0 Å². The van der Waals surface area contributed by atoms with Crippen LogP contribution in [0.1, 0.15) is 46.0 Å². The molecular weight excluding hydrogens is 538 g/mol. The van der Waals surface area contributed by atoms with Gasteiger partial charge in [0.1, 0.15) is 29.3 Å². The van der Waals surface area contributed by atoms with E-state index in [0.717, 1.165) is 5.56 Å². The predicted octanol–water partition coefficient (Wildman–Crippen LogP) is 4.98. The number of hydrogen-bond donors (Lipinski definition) is 1. The number of aromatic nitrogens is 2. The predicted molar refractivity (Wildman–Crippen MR) is 136 cm³/mol. The molecule has 0 saturated heterocycles. The maximum atomic E-state index is 13.3. The molecule has 0 aliphatic carbocycles. The molecule has 0 aliphatic rings. The maximum absolute atomic E-state index is 13.3. The molecule has 0 spiro atoms. The van der Waals surface area contributed by atoms with Crippen LogP contribution < -0.4 is 10.1 Å². The third-order valence-electron chi connectivity index (χ3n) is 5.44. The van der Waals surface area contributed by atoms with Crippen molar-refractivity contribution in [1.29, 1.82) is 0 Å². The van der Waals surface area contributed by atoms with Crippen LogP contribution in [-0.2, 0) is 28.2 Å². The highest BCUT2D eigenvalue weighted by Crippen LogP contribution is 2.29. The van der Waals surface area contributed by atoms with Crippen LogP contribution in [0.4, 0.5) is 0 Å². The Bertz CT molecular complexity index is 1180. The minimum Gasteiger partial charge on any atom is -0.492 e. The number of nitrogens with one attached hydrogen (secondary N) is 1. The number of ether oxygens (including phenoxy) is 3. The van der Waals surface area contributed by atoms with Gasteiger partial charge in [0.05, 0.1) is 19.2 Å². The third kappa shape index (κ3) is 6.62. The molecule has 1 amide bonds. The van der Waals surface area contributed by atoms with Gasteiger partial charge in [-0.2, -0.15) is 0 Å². The summed E-state index contributed by atoms with van der Waals surface area (Å²) in [6.45, 7) is 4.62. The molecule has 10 heteroatoms. The minimum absolute atomic E-state index is 0.261. The van der Waals surface area contributed by atoms with Gasteiger partial charge in [0.15, 0.2) is 4.73 Å². The summed E-state index contributed by atoms with van der Waals surface area (Å²) in [5.74, 6) is -0.0575. The van der Waals surface area contributed by atoms with Crippen LogP contribution in [0.15, 0.2) is 53.3 Å². The molecule has 0 bridgehead atoms. The molecule has 2 aromatic carbocycles. The van der Waals surface area contributed by atoms with Gasteiger partial charge in [-0.25, -0.2) is 9.78 Å². The average Bonchev–Trinajstić information content (AvgIpc) is 3.20. The van der Waals surface area contributed by atoms with E-state index in [-0.39, 0.29) is 12.5 Å². The van der Waals surface area contributed by atoms with Crippen molar-refractivity contribution in [2.75, 3.05) is 20.8 Å². The fourth-order valence-corrected chi connectivity index (χ4v) is 3.96. The highest BCUT2D eigenvalue weighted by Gasteiger charge is 2.33. The molecule has 3 aromatic rings. The van der Waals surface area contributed by atoms with Crippen molar-refractivity contribution < 1.29 is 23.8 Å². The van der Waals surface area contributed by atoms with E-state index in [9.17, 15) is 9.59 Å². The number of rotatable bonds is 10. The summed E-state index contributed by atoms with van der Waals surface area (Å²) >= 11 is 9.41. The third-order valence-corrected chi connectivity index (χ3v) is 6.30. The van der Waals surface area contributed by atoms with Crippen LogP contribution in [0.5, 0.6) is 5.75 Å². The molecule has 1 N–H and O–H groups in total. The molecule has 0 saturated carbocycles. The fraction of sp³-hybridized carbons (Fsp3) is 0.320. The topological polar surface area (TPSA) is 91.7 Å². The lowest BCUT2D eigenvalue weighted by atomic mass is 10.0. The molecule has 1 heterocycles. The van der Waals surface area contributed by atoms with Crippen molar-refractivity contribution in [2.24, 2.45) is 0 Å². The van der Waals surface area contributed by atoms with Gasteiger partial charge in [-0.1, -0.05) is 23.7 Å². The van der Waals surface area contributed by atoms with Crippen molar-refractivity contribution in [3.8, 4) is 5.75 Å². The van der Waals surface area contributed by atoms with Crippen molar-refractivity contribution in [1.82, 2.24) is 14.9 Å². The van der Waals surface area contributed by atoms with Crippen molar-refractivity contribution in [3.05, 3.63) is 80.8 Å². The highest BCUT2D eigenvalue weighted by molar-refractivity contribution is 9.10. The lowest BCUT2D eigenvalue weighted by Gasteiger charge is -2.22. The van der Waals surface area contributed by atoms with Crippen molar-refractivity contribution >= 4 is 39.4 Å². The zero-order valence-electron chi connectivity index (χ0n) is 19.9. The smallest absolute Gasteiger partial charge is 0.337 e. The number of imidazole rings is 1. The lowest BCUT2D eigenvalue weighted by molar-refractivity contribution is 0.0147. The Morgan fingerprint density at radius 1 is 1.09 bits per heavy atom. The second-order valence-corrected chi connectivity index (χ2v) is 9.26. The van der Waals surface area contributed by atoms with Crippen LogP contribution in [0.2, 0.25) is 5.02 Å². The van der Waals surface area contributed by atoms with E-state index in [4.69, 9.17) is 25.8 Å². The Hall–Kier alpha value is -2.88. The summed E-state index contributed by atoms with van der Waals surface area (Å²) in [5.41, 5.74) is 1.33. The van der Waals surface area contributed by atoms with Crippen LogP contribution >= 0.6 is 27.5 Å². The standard InChI is InChI=1S/C25H27BrClN3O5/c1-25(2,34-4)21-20(22(31)28-15-16-5-7-17(8-6-16)23(32)33-3)30(24(26)29-21)13-14-35-19-11-9-18(27)10-12-19/h5-12H,13-15H2,1-4H3,(H,28,31). The molecule has 0 radical (unpaired) electrons. The number of amides is 1. The molecule has 0 unspecified atom stereocenters. The quantitative estimate of drug-likeness (QED) is 0.350. The summed E-state index contributed by atoms with van der Waals surface area (Å²) in [7, 11) is 2.90. The summed E-state index contributed by atoms with van der Waals surface area (Å²) in [4.78, 5) is 29.6. The van der Waals surface area contributed by atoms with Crippen LogP contribution in [-0.4, -0.2) is 42.3 Å². The number of esters is 1. The molecule has 0 atom stereocenters. The first-order chi connectivity index (χ1) is 16.7. The number of benzene rings is 2. The van der Waals surface area contributed by atoms with Gasteiger partial charge in [-0.3, -0.25) is 4.79 Å². The Morgan fingerprint density at radius 2 is 1.74 bits per heavy atom. The SMILES string of the molecule is COC(=O)c1ccc(CNC(=O)c2c(C(C)(C)OC)nc(Br)n2CCOc2ccc(Cl)cc2)cc1. The largest absolute Gasteiger partial charge is 0.492 e. The molecule has 186 valence electrons. The molecule has 35 heavy (non-hydrogen) atoms. The number of carbonyl (C=O) groups excluding carboxylic acids is 2. The van der Waals surface area contributed by atoms with E-state index in [2.05, 4.69) is 26.2 Å². The lowest BCUT2D eigenvalue weighted by Crippen LogP contribution is -2.31. The first-order valence-electron chi connectivity index (χ1n) is 10.8. The Morgan fingerprint density at radius 3 is 2.34 bits per heavy atom. The second kappa shape index (κ2) is 11.7. The van der Waals surface area contributed by atoms with E-state index >= 15 is 0 Å².